The van der Waals surface area contributed by atoms with Gasteiger partial charge in [0.05, 0.1) is 33.7 Å². The molecule has 0 spiro atoms. The summed E-state index contributed by atoms with van der Waals surface area (Å²) in [4.78, 5) is 126. The Morgan fingerprint density at radius 2 is 0.578 bits per heavy atom. The molecule has 4 aliphatic rings. The van der Waals surface area contributed by atoms with Crippen molar-refractivity contribution in [1.82, 2.24) is 19.6 Å². The fourth-order valence-electron chi connectivity index (χ4n) is 13.8. The van der Waals surface area contributed by atoms with Crippen molar-refractivity contribution < 1.29 is 47.8 Å². The second-order valence-corrected chi connectivity index (χ2v) is 27.1. The van der Waals surface area contributed by atoms with Crippen LogP contribution in [0.4, 0.5) is 0 Å². The average Bonchev–Trinajstić information content (AvgIpc) is 0.804. The van der Waals surface area contributed by atoms with Gasteiger partial charge in [0, 0.05) is 113 Å². The summed E-state index contributed by atoms with van der Waals surface area (Å²) < 4.78 is 15.7. The topological polar surface area (TPSA) is 168 Å². The minimum atomic E-state index is -0.473. The predicted molar refractivity (Wildman–Crippen MR) is 360 cm³/mol. The first-order valence-electron chi connectivity index (χ1n) is 33.9. The van der Waals surface area contributed by atoms with Crippen LogP contribution in [0.5, 0.6) is 11.5 Å². The van der Waals surface area contributed by atoms with Crippen molar-refractivity contribution in [3.05, 3.63) is 93.0 Å². The molecule has 0 saturated carbocycles. The third-order valence-electron chi connectivity index (χ3n) is 18.7. The smallest absolute Gasteiger partial charge is 0.262 e. The van der Waals surface area contributed by atoms with Crippen LogP contribution in [0.25, 0.3) is 62.6 Å². The summed E-state index contributed by atoms with van der Waals surface area (Å²) in [6.45, 7) is 14.4. The van der Waals surface area contributed by atoms with E-state index < -0.39 is 47.3 Å². The highest BCUT2D eigenvalue weighted by atomic mass is 32.1. The summed E-state index contributed by atoms with van der Waals surface area (Å²) >= 11 is 2.83. The fraction of sp³-hybridized carbons (Fsp3) is 0.486. The molecule has 0 aliphatic carbocycles. The van der Waals surface area contributed by atoms with Crippen LogP contribution in [0.2, 0.25) is 0 Å². The molecule has 16 heteroatoms. The Labute approximate surface area is 536 Å². The van der Waals surface area contributed by atoms with E-state index in [1.165, 1.54) is 42.3 Å². The van der Waals surface area contributed by atoms with Crippen molar-refractivity contribution in [2.75, 3.05) is 39.4 Å². The van der Waals surface area contributed by atoms with Crippen LogP contribution >= 0.6 is 22.7 Å². The van der Waals surface area contributed by atoms with E-state index in [4.69, 9.17) is 9.47 Å². The number of hydrogen-bond acceptors (Lipinski definition) is 12. The maximum absolute atomic E-state index is 15.4. The number of unbranched alkanes of at least 4 members (excludes halogenated alkanes) is 18. The van der Waals surface area contributed by atoms with Gasteiger partial charge < -0.3 is 9.47 Å². The largest absolute Gasteiger partial charge is 0.491 e. The third-order valence-corrected chi connectivity index (χ3v) is 21.0. The zero-order chi connectivity index (χ0) is 63.3. The highest BCUT2D eigenvalue weighted by molar-refractivity contribution is 7.24. The highest BCUT2D eigenvalue weighted by Gasteiger charge is 2.44. The number of fused-ring (bicyclic) bond motifs is 2. The molecule has 90 heavy (non-hydrogen) atoms. The Kier molecular flexibility index (Phi) is 20.3. The van der Waals surface area contributed by atoms with Gasteiger partial charge in [-0.05, 0) is 87.1 Å². The molecule has 0 fully saturated rings. The van der Waals surface area contributed by atoms with Crippen LogP contribution in [0, 0.1) is 0 Å². The van der Waals surface area contributed by atoms with E-state index in [1.54, 1.807) is 36.4 Å². The Hall–Kier alpha value is -7.30. The fourth-order valence-corrected chi connectivity index (χ4v) is 16.2. The van der Waals surface area contributed by atoms with E-state index in [1.807, 2.05) is 12.1 Å². The lowest BCUT2D eigenvalue weighted by Gasteiger charge is -2.33. The van der Waals surface area contributed by atoms with Crippen molar-refractivity contribution >= 4 is 112 Å². The summed E-state index contributed by atoms with van der Waals surface area (Å²) in [5.41, 5.74) is 3.17. The summed E-state index contributed by atoms with van der Waals surface area (Å²) in [5, 5.41) is 2.74. The van der Waals surface area contributed by atoms with Crippen LogP contribution in [0.1, 0.15) is 279 Å². The number of amides is 8. The quantitative estimate of drug-likeness (QED) is 0.0280. The number of ether oxygens (including phenoxy) is 2. The number of carbonyl (C=O) groups is 8. The van der Waals surface area contributed by atoms with E-state index in [2.05, 4.69) is 41.5 Å². The summed E-state index contributed by atoms with van der Waals surface area (Å²) in [5.74, 6) is -2.48. The van der Waals surface area contributed by atoms with Crippen LogP contribution in [-0.4, -0.2) is 106 Å². The van der Waals surface area contributed by atoms with Crippen LogP contribution in [0.15, 0.2) is 48.5 Å². The number of rotatable bonds is 34. The average molecular weight is 1260 g/mol. The van der Waals surface area contributed by atoms with E-state index in [-0.39, 0.29) is 59.6 Å². The summed E-state index contributed by atoms with van der Waals surface area (Å²) in [7, 11) is 0. The molecule has 0 saturated heterocycles. The normalized spacial score (nSPS) is 14.6. The molecule has 7 aromatic rings. The van der Waals surface area contributed by atoms with Gasteiger partial charge in [0.25, 0.3) is 47.3 Å². The lowest BCUT2D eigenvalue weighted by molar-refractivity contribution is 0.0586. The molecule has 474 valence electrons. The van der Waals surface area contributed by atoms with Crippen LogP contribution in [-0.2, 0) is 0 Å². The summed E-state index contributed by atoms with van der Waals surface area (Å²) in [6, 6.07) is 14.2. The van der Waals surface area contributed by atoms with Crippen molar-refractivity contribution in [2.24, 2.45) is 0 Å². The Morgan fingerprint density at radius 3 is 0.889 bits per heavy atom. The Balaban J connectivity index is 1.15. The monoisotopic (exact) mass is 1250 g/mol. The molecule has 6 heterocycles. The minimum absolute atomic E-state index is 0.216. The maximum atomic E-state index is 15.4. The first-order chi connectivity index (χ1) is 43.8. The van der Waals surface area contributed by atoms with E-state index in [0.29, 0.717) is 115 Å². The van der Waals surface area contributed by atoms with Gasteiger partial charge in [0.1, 0.15) is 11.5 Å². The van der Waals surface area contributed by atoms with E-state index in [0.717, 1.165) is 138 Å². The number of nitrogens with zero attached hydrogens (tertiary/aromatic N) is 4. The zero-order valence-electron chi connectivity index (χ0n) is 53.5. The van der Waals surface area contributed by atoms with Gasteiger partial charge in [-0.3, -0.25) is 58.0 Å². The van der Waals surface area contributed by atoms with Gasteiger partial charge in [-0.2, -0.15) is 0 Å². The number of thiophene rings is 2. The van der Waals surface area contributed by atoms with Gasteiger partial charge >= 0.3 is 0 Å². The molecular weight excluding hydrogens is 1170 g/mol. The van der Waals surface area contributed by atoms with E-state index in [9.17, 15) is 19.2 Å². The second kappa shape index (κ2) is 28.5. The zero-order valence-corrected chi connectivity index (χ0v) is 55.2. The molecule has 11 rings (SSSR count). The Bertz CT molecular complexity index is 3700. The van der Waals surface area contributed by atoms with Crippen molar-refractivity contribution in [3.63, 3.8) is 0 Å². The molecular formula is C74H86N4O10S2. The third kappa shape index (κ3) is 11.8. The van der Waals surface area contributed by atoms with Gasteiger partial charge in [0.15, 0.2) is 0 Å². The van der Waals surface area contributed by atoms with Gasteiger partial charge in [-0.25, -0.2) is 0 Å². The summed E-state index contributed by atoms with van der Waals surface area (Å²) in [6.07, 6.45) is 21.2. The molecule has 0 N–H and O–H groups in total. The molecule has 4 aliphatic heterocycles. The van der Waals surface area contributed by atoms with Crippen molar-refractivity contribution in [1.29, 1.82) is 0 Å². The first-order valence-corrected chi connectivity index (χ1v) is 35.5. The Morgan fingerprint density at radius 1 is 0.300 bits per heavy atom. The second-order valence-electron chi connectivity index (χ2n) is 25.0. The molecule has 8 amide bonds. The number of carbonyl (C=O) groups excluding carboxylic acids is 8. The first kappa shape index (κ1) is 64.2. The van der Waals surface area contributed by atoms with Gasteiger partial charge in [-0.15, -0.1) is 22.7 Å². The van der Waals surface area contributed by atoms with E-state index >= 15 is 19.2 Å². The predicted octanol–water partition coefficient (Wildman–Crippen LogP) is 18.4. The number of hydrogen-bond donors (Lipinski definition) is 0. The van der Waals surface area contributed by atoms with Crippen LogP contribution < -0.4 is 9.47 Å². The molecule has 5 aromatic carbocycles. The number of imide groups is 4. The number of benzene rings is 5. The lowest BCUT2D eigenvalue weighted by Crippen LogP contribution is -2.44. The molecule has 2 aromatic heterocycles. The van der Waals surface area contributed by atoms with Crippen molar-refractivity contribution in [2.45, 2.75) is 196 Å². The van der Waals surface area contributed by atoms with Crippen LogP contribution in [0.3, 0.4) is 0 Å². The molecule has 0 radical (unpaired) electrons. The SMILES string of the molecule is CCCCCCOc1c2cc(-c3cc4c5c(ccc6c5c3C(=O)N(CCCCCC)C6=O)C(=O)N(CCCCCC)C4=O)sc2c(OCCCCCC)c2cc(-c3cc4c5c(ccc6c5c3C(=O)N(CCCCCC)C6=O)C(=O)N(CCCCCC)C4=O)sc12. The molecule has 14 nitrogen and oxygen atoms in total. The minimum Gasteiger partial charge on any atom is -0.491 e. The molecule has 0 atom stereocenters. The lowest BCUT2D eigenvalue weighted by atomic mass is 9.83. The van der Waals surface area contributed by atoms with Gasteiger partial charge in [-0.1, -0.05) is 157 Å². The maximum Gasteiger partial charge on any atom is 0.262 e. The highest BCUT2D eigenvalue weighted by Crippen LogP contribution is 2.55. The molecule has 0 bridgehead atoms. The standard InChI is InChI=1S/C74H86N4O10S2/c1-7-13-19-25-35-75-67(79)45-31-33-47-59-57(45)51(71(75)83)41-49(61(59)73(85)77(69(47)81)37-27-21-15-9-3)55-43-53-63(87-39-29-23-17-11-5)66-54(64(65(53)89-55)88-40-30-24-18-12-6)44-56(90-66)50-42-52-58-46(68(80)76(72(52)84)36-26-20-14-8-2)32-34-48-60(58)62(50)74(86)78(70(48)82)38-28-22-16-10-4/h31-34,41-44H,7-30,35-40H2,1-6H3. The van der Waals surface area contributed by atoms with Gasteiger partial charge in [0.2, 0.25) is 0 Å². The van der Waals surface area contributed by atoms with Crippen molar-refractivity contribution in [3.8, 4) is 32.4 Å². The molecule has 0 unspecified atom stereocenters.